The van der Waals surface area contributed by atoms with E-state index < -0.39 is 0 Å². The number of hydrogen-bond donors (Lipinski definition) is 1. The van der Waals surface area contributed by atoms with E-state index in [4.69, 9.17) is 4.74 Å². The first-order valence-electron chi connectivity index (χ1n) is 6.79. The van der Waals surface area contributed by atoms with Crippen LogP contribution in [0.25, 0.3) is 0 Å². The van der Waals surface area contributed by atoms with Crippen LogP contribution in [0.2, 0.25) is 0 Å². The Bertz CT molecular complexity index is 485. The topological polar surface area (TPSA) is 38.3 Å². The molecule has 0 spiro atoms. The highest BCUT2D eigenvalue weighted by atomic mass is 79.9. The average Bonchev–Trinajstić information content (AvgIpc) is 3.05. The predicted molar refractivity (Wildman–Crippen MR) is 77.8 cm³/mol. The molecule has 1 aromatic carbocycles. The van der Waals surface area contributed by atoms with Gasteiger partial charge in [-0.25, -0.2) is 0 Å². The van der Waals surface area contributed by atoms with E-state index in [2.05, 4.69) is 21.2 Å². The first kappa shape index (κ1) is 13.0. The quantitative estimate of drug-likeness (QED) is 0.846. The van der Waals surface area contributed by atoms with E-state index in [1.54, 1.807) is 0 Å². The molecule has 3 rings (SSSR count). The maximum atomic E-state index is 12.3. The highest BCUT2D eigenvalue weighted by Crippen LogP contribution is 2.48. The molecular formula is C15H18BrNO2. The van der Waals surface area contributed by atoms with Crippen molar-refractivity contribution in [2.75, 3.05) is 18.5 Å². The monoisotopic (exact) mass is 323 g/mol. The SMILES string of the molecule is O=C(NCC1(CCBr)CC1)C1COc2ccccc21. The lowest BCUT2D eigenvalue weighted by atomic mass is 9.99. The zero-order chi connectivity index (χ0) is 13.3. The van der Waals surface area contributed by atoms with Gasteiger partial charge >= 0.3 is 0 Å². The van der Waals surface area contributed by atoms with Crippen LogP contribution >= 0.6 is 15.9 Å². The fourth-order valence-electron chi connectivity index (χ4n) is 2.67. The third-order valence-corrected chi connectivity index (χ3v) is 4.63. The molecule has 1 atom stereocenters. The third-order valence-electron chi connectivity index (χ3n) is 4.24. The van der Waals surface area contributed by atoms with E-state index in [-0.39, 0.29) is 11.8 Å². The van der Waals surface area contributed by atoms with Gasteiger partial charge in [0.15, 0.2) is 0 Å². The van der Waals surface area contributed by atoms with Crippen molar-refractivity contribution in [2.45, 2.75) is 25.2 Å². The highest BCUT2D eigenvalue weighted by molar-refractivity contribution is 9.09. The molecule has 4 heteroatoms. The number of carbonyl (C=O) groups is 1. The number of hydrogen-bond acceptors (Lipinski definition) is 2. The van der Waals surface area contributed by atoms with Crippen LogP contribution in [0, 0.1) is 5.41 Å². The Morgan fingerprint density at radius 2 is 2.21 bits per heavy atom. The molecule has 2 aliphatic rings. The van der Waals surface area contributed by atoms with Crippen LogP contribution in [-0.4, -0.2) is 24.4 Å². The van der Waals surface area contributed by atoms with Crippen molar-refractivity contribution >= 4 is 21.8 Å². The summed E-state index contributed by atoms with van der Waals surface area (Å²) in [6.45, 7) is 1.27. The zero-order valence-electron chi connectivity index (χ0n) is 10.8. The first-order valence-corrected chi connectivity index (χ1v) is 7.92. The Morgan fingerprint density at radius 3 is 2.95 bits per heavy atom. The fraction of sp³-hybridized carbons (Fsp3) is 0.533. The van der Waals surface area contributed by atoms with Gasteiger partial charge < -0.3 is 10.1 Å². The molecule has 0 radical (unpaired) electrons. The van der Waals surface area contributed by atoms with E-state index in [0.29, 0.717) is 12.0 Å². The van der Waals surface area contributed by atoms with Crippen molar-refractivity contribution in [3.63, 3.8) is 0 Å². The van der Waals surface area contributed by atoms with Crippen LogP contribution in [0.5, 0.6) is 5.75 Å². The number of para-hydroxylation sites is 1. The van der Waals surface area contributed by atoms with Crippen molar-refractivity contribution in [3.8, 4) is 5.75 Å². The number of ether oxygens (including phenoxy) is 1. The van der Waals surface area contributed by atoms with Gasteiger partial charge in [-0.2, -0.15) is 0 Å². The number of alkyl halides is 1. The van der Waals surface area contributed by atoms with Gasteiger partial charge in [-0.05, 0) is 30.7 Å². The van der Waals surface area contributed by atoms with Crippen molar-refractivity contribution in [2.24, 2.45) is 5.41 Å². The molecule has 19 heavy (non-hydrogen) atoms. The highest BCUT2D eigenvalue weighted by Gasteiger charge is 2.42. The summed E-state index contributed by atoms with van der Waals surface area (Å²) in [5, 5.41) is 4.13. The molecule has 1 fully saturated rings. The summed E-state index contributed by atoms with van der Waals surface area (Å²) >= 11 is 3.49. The van der Waals surface area contributed by atoms with Crippen molar-refractivity contribution in [1.82, 2.24) is 5.32 Å². The summed E-state index contributed by atoms with van der Waals surface area (Å²) in [7, 11) is 0. The van der Waals surface area contributed by atoms with Gasteiger partial charge in [0.2, 0.25) is 5.91 Å². The van der Waals surface area contributed by atoms with Gasteiger partial charge in [-0.3, -0.25) is 4.79 Å². The fourth-order valence-corrected chi connectivity index (χ4v) is 3.51. The Balaban J connectivity index is 1.60. The van der Waals surface area contributed by atoms with Crippen LogP contribution < -0.4 is 10.1 Å². The maximum absolute atomic E-state index is 12.3. The molecular weight excluding hydrogens is 306 g/mol. The van der Waals surface area contributed by atoms with Gasteiger partial charge in [0.25, 0.3) is 0 Å². The first-order chi connectivity index (χ1) is 9.24. The molecule has 0 bridgehead atoms. The molecule has 102 valence electrons. The molecule has 1 saturated carbocycles. The van der Waals surface area contributed by atoms with Crippen LogP contribution in [-0.2, 0) is 4.79 Å². The van der Waals surface area contributed by atoms with Gasteiger partial charge in [0.1, 0.15) is 18.3 Å². The number of amides is 1. The molecule has 1 amide bonds. The molecule has 1 aliphatic carbocycles. The summed E-state index contributed by atoms with van der Waals surface area (Å²) in [6, 6.07) is 7.81. The van der Waals surface area contributed by atoms with E-state index in [9.17, 15) is 4.79 Å². The van der Waals surface area contributed by atoms with Gasteiger partial charge in [0.05, 0.1) is 0 Å². The largest absolute Gasteiger partial charge is 0.492 e. The molecule has 1 unspecified atom stereocenters. The molecule has 0 saturated heterocycles. The van der Waals surface area contributed by atoms with Crippen molar-refractivity contribution < 1.29 is 9.53 Å². The summed E-state index contributed by atoms with van der Waals surface area (Å²) in [5.74, 6) is 0.811. The number of benzene rings is 1. The number of rotatable bonds is 5. The molecule has 3 nitrogen and oxygen atoms in total. The number of fused-ring (bicyclic) bond motifs is 1. The van der Waals surface area contributed by atoms with Crippen molar-refractivity contribution in [1.29, 1.82) is 0 Å². The Kier molecular flexibility index (Phi) is 3.52. The zero-order valence-corrected chi connectivity index (χ0v) is 12.4. The Morgan fingerprint density at radius 1 is 1.42 bits per heavy atom. The summed E-state index contributed by atoms with van der Waals surface area (Å²) < 4.78 is 5.56. The van der Waals surface area contributed by atoms with Gasteiger partial charge in [-0.1, -0.05) is 34.1 Å². The minimum atomic E-state index is -0.143. The van der Waals surface area contributed by atoms with Crippen LogP contribution in [0.4, 0.5) is 0 Å². The average molecular weight is 324 g/mol. The molecule has 1 heterocycles. The van der Waals surface area contributed by atoms with Crippen LogP contribution in [0.3, 0.4) is 0 Å². The minimum absolute atomic E-state index is 0.103. The number of nitrogens with one attached hydrogen (secondary N) is 1. The maximum Gasteiger partial charge on any atom is 0.231 e. The normalized spacial score (nSPS) is 22.5. The molecule has 1 N–H and O–H groups in total. The van der Waals surface area contributed by atoms with E-state index >= 15 is 0 Å². The minimum Gasteiger partial charge on any atom is -0.492 e. The lowest BCUT2D eigenvalue weighted by Gasteiger charge is -2.16. The van der Waals surface area contributed by atoms with Gasteiger partial charge in [-0.15, -0.1) is 0 Å². The lowest BCUT2D eigenvalue weighted by Crippen LogP contribution is -2.34. The second-order valence-electron chi connectivity index (χ2n) is 5.56. The van der Waals surface area contributed by atoms with Crippen LogP contribution in [0.1, 0.15) is 30.7 Å². The van der Waals surface area contributed by atoms with E-state index in [0.717, 1.165) is 29.6 Å². The summed E-state index contributed by atoms with van der Waals surface area (Å²) in [4.78, 5) is 12.3. The second kappa shape index (κ2) is 5.16. The predicted octanol–water partition coefficient (Wildman–Crippen LogP) is 2.84. The van der Waals surface area contributed by atoms with E-state index in [1.165, 1.54) is 12.8 Å². The summed E-state index contributed by atoms with van der Waals surface area (Å²) in [6.07, 6.45) is 3.61. The number of carbonyl (C=O) groups excluding carboxylic acids is 1. The van der Waals surface area contributed by atoms with Crippen LogP contribution in [0.15, 0.2) is 24.3 Å². The van der Waals surface area contributed by atoms with Gasteiger partial charge in [0, 0.05) is 17.4 Å². The molecule has 1 aromatic rings. The number of halogens is 1. The standard InChI is InChI=1S/C15H18BrNO2/c16-8-7-15(5-6-15)10-17-14(18)12-9-19-13-4-2-1-3-11(12)13/h1-4,12H,5-10H2,(H,17,18). The molecule has 1 aliphatic heterocycles. The third kappa shape index (κ3) is 2.64. The Hall–Kier alpha value is -1.03. The second-order valence-corrected chi connectivity index (χ2v) is 6.35. The lowest BCUT2D eigenvalue weighted by molar-refractivity contribution is -0.123. The smallest absolute Gasteiger partial charge is 0.231 e. The van der Waals surface area contributed by atoms with E-state index in [1.807, 2.05) is 24.3 Å². The van der Waals surface area contributed by atoms with Crippen molar-refractivity contribution in [3.05, 3.63) is 29.8 Å². The molecule has 0 aromatic heterocycles. The summed E-state index contributed by atoms with van der Waals surface area (Å²) in [5.41, 5.74) is 1.38. The Labute approximate surface area is 121 Å².